The van der Waals surface area contributed by atoms with Crippen molar-refractivity contribution >= 4 is 17.3 Å². The lowest BCUT2D eigenvalue weighted by Crippen LogP contribution is -2.41. The van der Waals surface area contributed by atoms with Crippen molar-refractivity contribution < 1.29 is 29.3 Å². The SMILES string of the molecule is CC(=O)c1c(O)c(C)c(O)c2c1OC1=CC(=O)/C(=C(/C)NCc3cccn3C(C)C)C(=O)[C@@]12C. The summed E-state index contributed by atoms with van der Waals surface area (Å²) >= 11 is 0. The van der Waals surface area contributed by atoms with Crippen LogP contribution in [0.15, 0.2) is 41.4 Å². The molecule has 0 saturated heterocycles. The molecule has 2 aromatic rings. The van der Waals surface area contributed by atoms with Crippen LogP contribution in [0.25, 0.3) is 0 Å². The Morgan fingerprint density at radius 2 is 1.88 bits per heavy atom. The van der Waals surface area contributed by atoms with Gasteiger partial charge in [0.25, 0.3) is 0 Å². The second-order valence-electron chi connectivity index (χ2n) is 9.24. The molecule has 2 aliphatic rings. The Bertz CT molecular complexity index is 1330. The third-order valence-corrected chi connectivity index (χ3v) is 6.72. The first-order valence-electron chi connectivity index (χ1n) is 11.1. The Hall–Kier alpha value is -3.81. The summed E-state index contributed by atoms with van der Waals surface area (Å²) in [7, 11) is 0. The van der Waals surface area contributed by atoms with E-state index < -0.39 is 28.5 Å². The molecule has 0 fully saturated rings. The second-order valence-corrected chi connectivity index (χ2v) is 9.24. The van der Waals surface area contributed by atoms with E-state index in [1.54, 1.807) is 13.8 Å². The molecule has 1 aliphatic carbocycles. The summed E-state index contributed by atoms with van der Waals surface area (Å²) in [4.78, 5) is 39.1. The van der Waals surface area contributed by atoms with E-state index in [4.69, 9.17) is 4.74 Å². The number of ether oxygens (including phenoxy) is 1. The molecule has 2 heterocycles. The Morgan fingerprint density at radius 3 is 2.50 bits per heavy atom. The number of allylic oxidation sites excluding steroid dienone is 4. The zero-order valence-electron chi connectivity index (χ0n) is 20.1. The number of phenols is 2. The quantitative estimate of drug-likeness (QED) is 0.350. The largest absolute Gasteiger partial charge is 0.507 e. The third-order valence-electron chi connectivity index (χ3n) is 6.72. The van der Waals surface area contributed by atoms with Gasteiger partial charge in [0.1, 0.15) is 34.0 Å². The number of fused-ring (bicyclic) bond motifs is 3. The number of benzene rings is 1. The first kappa shape index (κ1) is 23.4. The van der Waals surface area contributed by atoms with Crippen LogP contribution in [0, 0.1) is 6.92 Å². The average Bonchev–Trinajstić information content (AvgIpc) is 3.34. The highest BCUT2D eigenvalue weighted by molar-refractivity contribution is 6.31. The van der Waals surface area contributed by atoms with Crippen molar-refractivity contribution in [3.05, 3.63) is 63.8 Å². The minimum atomic E-state index is -1.52. The lowest BCUT2D eigenvalue weighted by Gasteiger charge is -2.29. The normalized spacial score (nSPS) is 20.6. The number of carbonyl (C=O) groups excluding carboxylic acids is 3. The van der Waals surface area contributed by atoms with Crippen LogP contribution >= 0.6 is 0 Å². The maximum absolute atomic E-state index is 13.8. The van der Waals surface area contributed by atoms with E-state index in [-0.39, 0.29) is 45.6 Å². The van der Waals surface area contributed by atoms with Gasteiger partial charge in [0.05, 0.1) is 17.7 Å². The van der Waals surface area contributed by atoms with Gasteiger partial charge in [-0.25, -0.2) is 0 Å². The summed E-state index contributed by atoms with van der Waals surface area (Å²) in [6.45, 7) is 10.5. The van der Waals surface area contributed by atoms with Crippen LogP contribution in [0.2, 0.25) is 0 Å². The minimum absolute atomic E-state index is 0.0190. The van der Waals surface area contributed by atoms with Gasteiger partial charge < -0.3 is 24.8 Å². The van der Waals surface area contributed by atoms with E-state index in [2.05, 4.69) is 23.7 Å². The van der Waals surface area contributed by atoms with Gasteiger partial charge >= 0.3 is 0 Å². The molecule has 4 rings (SSSR count). The van der Waals surface area contributed by atoms with E-state index in [1.165, 1.54) is 19.9 Å². The smallest absolute Gasteiger partial charge is 0.194 e. The first-order valence-corrected chi connectivity index (χ1v) is 11.1. The van der Waals surface area contributed by atoms with Crippen molar-refractivity contribution in [1.29, 1.82) is 0 Å². The predicted molar refractivity (Wildman–Crippen MR) is 125 cm³/mol. The zero-order chi connectivity index (χ0) is 25.1. The highest BCUT2D eigenvalue weighted by Crippen LogP contribution is 2.57. The fraction of sp³-hybridized carbons (Fsp3) is 0.346. The van der Waals surface area contributed by atoms with Crippen molar-refractivity contribution in [2.75, 3.05) is 0 Å². The number of aromatic hydroxyl groups is 2. The molecule has 0 amide bonds. The van der Waals surface area contributed by atoms with Crippen molar-refractivity contribution in [3.63, 3.8) is 0 Å². The Morgan fingerprint density at radius 1 is 1.21 bits per heavy atom. The van der Waals surface area contributed by atoms with Crippen molar-refractivity contribution in [2.24, 2.45) is 0 Å². The summed E-state index contributed by atoms with van der Waals surface area (Å²) in [6.07, 6.45) is 3.19. The fourth-order valence-electron chi connectivity index (χ4n) is 4.76. The monoisotopic (exact) mass is 464 g/mol. The summed E-state index contributed by atoms with van der Waals surface area (Å²) in [5.41, 5.74) is -0.148. The molecular weight excluding hydrogens is 436 g/mol. The number of phenolic OH excluding ortho intramolecular Hbond substituents is 2. The zero-order valence-corrected chi connectivity index (χ0v) is 20.1. The van der Waals surface area contributed by atoms with E-state index in [0.29, 0.717) is 12.2 Å². The first-order chi connectivity index (χ1) is 15.9. The summed E-state index contributed by atoms with van der Waals surface area (Å²) < 4.78 is 7.87. The highest BCUT2D eigenvalue weighted by atomic mass is 16.5. The number of carbonyl (C=O) groups is 3. The van der Waals surface area contributed by atoms with Gasteiger partial charge in [-0.05, 0) is 53.7 Å². The van der Waals surface area contributed by atoms with Gasteiger partial charge in [-0.3, -0.25) is 14.4 Å². The summed E-state index contributed by atoms with van der Waals surface area (Å²) in [6, 6.07) is 4.16. The number of nitrogens with zero attached hydrogens (tertiary/aromatic N) is 1. The number of hydrogen-bond donors (Lipinski definition) is 3. The number of Topliss-reactive ketones (excluding diaryl/α,β-unsaturated/α-hetero) is 2. The number of aromatic nitrogens is 1. The predicted octanol–water partition coefficient (Wildman–Crippen LogP) is 3.74. The van der Waals surface area contributed by atoms with Crippen LogP contribution in [0.1, 0.15) is 67.8 Å². The van der Waals surface area contributed by atoms with Crippen LogP contribution in [0.3, 0.4) is 0 Å². The Labute approximate surface area is 197 Å². The lowest BCUT2D eigenvalue weighted by molar-refractivity contribution is -0.123. The fourth-order valence-corrected chi connectivity index (χ4v) is 4.76. The van der Waals surface area contributed by atoms with Crippen LogP contribution in [-0.4, -0.2) is 32.1 Å². The van der Waals surface area contributed by atoms with E-state index in [0.717, 1.165) is 5.69 Å². The molecule has 1 aromatic carbocycles. The maximum atomic E-state index is 13.8. The minimum Gasteiger partial charge on any atom is -0.507 e. The number of ketones is 3. The number of nitrogens with one attached hydrogen (secondary N) is 1. The molecule has 1 aromatic heterocycles. The number of rotatable bonds is 5. The van der Waals surface area contributed by atoms with Crippen LogP contribution in [0.5, 0.6) is 17.2 Å². The van der Waals surface area contributed by atoms with Gasteiger partial charge in [-0.15, -0.1) is 0 Å². The van der Waals surface area contributed by atoms with Gasteiger partial charge in [0, 0.05) is 35.3 Å². The molecule has 34 heavy (non-hydrogen) atoms. The average molecular weight is 465 g/mol. The van der Waals surface area contributed by atoms with Crippen molar-refractivity contribution in [3.8, 4) is 17.2 Å². The highest BCUT2D eigenvalue weighted by Gasteiger charge is 2.56. The van der Waals surface area contributed by atoms with E-state index in [1.807, 2.05) is 18.3 Å². The second kappa shape index (κ2) is 7.90. The molecule has 8 heteroatoms. The van der Waals surface area contributed by atoms with E-state index >= 15 is 0 Å². The molecular formula is C26H28N2O6. The molecule has 3 N–H and O–H groups in total. The molecule has 178 valence electrons. The molecule has 8 nitrogen and oxygen atoms in total. The van der Waals surface area contributed by atoms with Gasteiger partial charge in [0.2, 0.25) is 0 Å². The topological polar surface area (TPSA) is 118 Å². The molecule has 0 radical (unpaired) electrons. The van der Waals surface area contributed by atoms with Gasteiger partial charge in [0.15, 0.2) is 17.3 Å². The van der Waals surface area contributed by atoms with Gasteiger partial charge in [-0.1, -0.05) is 0 Å². The van der Waals surface area contributed by atoms with Crippen LogP contribution < -0.4 is 10.1 Å². The number of hydrogen-bond acceptors (Lipinski definition) is 7. The molecule has 0 spiro atoms. The van der Waals surface area contributed by atoms with E-state index in [9.17, 15) is 24.6 Å². The standard InChI is InChI=1S/C26H28N2O6/c1-12(2)28-9-7-8-16(28)11-27-14(4)19-17(30)10-18-26(6,25(19)33)21-23(32)13(3)22(31)20(15(5)29)24(21)34-18/h7-10,12,27,31-32H,11H2,1-6H3/b19-14+/t26-/m0/s1. The summed E-state index contributed by atoms with van der Waals surface area (Å²) in [5.74, 6) is -2.39. The van der Waals surface area contributed by atoms with Crippen molar-refractivity contribution in [2.45, 2.75) is 59.5 Å². The van der Waals surface area contributed by atoms with Crippen LogP contribution in [-0.2, 0) is 21.5 Å². The Balaban J connectivity index is 1.81. The molecule has 0 bridgehead atoms. The molecule has 1 aliphatic heterocycles. The Kier molecular flexibility index (Phi) is 5.43. The maximum Gasteiger partial charge on any atom is 0.194 e. The third kappa shape index (κ3) is 3.16. The summed E-state index contributed by atoms with van der Waals surface area (Å²) in [5, 5.41) is 24.5. The molecule has 1 atom stereocenters. The van der Waals surface area contributed by atoms with Gasteiger partial charge in [-0.2, -0.15) is 0 Å². The lowest BCUT2D eigenvalue weighted by atomic mass is 9.70. The van der Waals surface area contributed by atoms with Crippen LogP contribution in [0.4, 0.5) is 0 Å². The van der Waals surface area contributed by atoms with Crippen molar-refractivity contribution in [1.82, 2.24) is 9.88 Å². The molecule has 0 saturated carbocycles. The molecule has 0 unspecified atom stereocenters.